The predicted molar refractivity (Wildman–Crippen MR) is 123 cm³/mol. The van der Waals surface area contributed by atoms with Gasteiger partial charge in [-0.1, -0.05) is 54.9 Å². The van der Waals surface area contributed by atoms with E-state index in [4.69, 9.17) is 0 Å². The Morgan fingerprint density at radius 3 is 2.35 bits per heavy atom. The van der Waals surface area contributed by atoms with Gasteiger partial charge in [-0.05, 0) is 48.7 Å². The first-order valence-electron chi connectivity index (χ1n) is 10.5. The summed E-state index contributed by atoms with van der Waals surface area (Å²) in [5.74, 6) is -0.401. The Kier molecular flexibility index (Phi) is 6.82. The number of anilines is 1. The first-order chi connectivity index (χ1) is 15.1. The van der Waals surface area contributed by atoms with Crippen LogP contribution in [-0.4, -0.2) is 40.7 Å². The average Bonchev–Trinajstić information content (AvgIpc) is 2.96. The first-order valence-corrected chi connectivity index (χ1v) is 11.5. The number of amides is 2. The zero-order valence-corrected chi connectivity index (χ0v) is 18.0. The van der Waals surface area contributed by atoms with Crippen molar-refractivity contribution in [1.29, 1.82) is 0 Å². The van der Waals surface area contributed by atoms with Gasteiger partial charge in [-0.25, -0.2) is 9.38 Å². The molecule has 0 N–H and O–H groups in total. The molecule has 0 atom stereocenters. The zero-order valence-electron chi connectivity index (χ0n) is 17.2. The van der Waals surface area contributed by atoms with Gasteiger partial charge in [0.25, 0.3) is 5.91 Å². The lowest BCUT2D eigenvalue weighted by molar-refractivity contribution is -0.128. The van der Waals surface area contributed by atoms with Crippen molar-refractivity contribution >= 4 is 40.5 Å². The van der Waals surface area contributed by atoms with Gasteiger partial charge >= 0.3 is 0 Å². The van der Waals surface area contributed by atoms with E-state index in [0.717, 1.165) is 44.3 Å². The van der Waals surface area contributed by atoms with Crippen molar-refractivity contribution in [2.24, 2.45) is 4.99 Å². The van der Waals surface area contributed by atoms with Crippen molar-refractivity contribution in [2.75, 3.05) is 23.7 Å². The summed E-state index contributed by atoms with van der Waals surface area (Å²) < 4.78 is 13.4. The fourth-order valence-corrected chi connectivity index (χ4v) is 4.57. The molecule has 160 valence electrons. The fourth-order valence-electron chi connectivity index (χ4n) is 3.66. The molecule has 31 heavy (non-hydrogen) atoms. The molecule has 0 aromatic heterocycles. The second-order valence-electron chi connectivity index (χ2n) is 7.54. The number of hydrogen-bond donors (Lipinski definition) is 0. The lowest BCUT2D eigenvalue weighted by Crippen LogP contribution is -2.35. The van der Waals surface area contributed by atoms with Gasteiger partial charge in [-0.15, -0.1) is 0 Å². The zero-order chi connectivity index (χ0) is 21.6. The predicted octanol–water partition coefficient (Wildman–Crippen LogP) is 4.71. The van der Waals surface area contributed by atoms with Crippen LogP contribution in [0.3, 0.4) is 0 Å². The van der Waals surface area contributed by atoms with Crippen LogP contribution in [-0.2, 0) is 9.59 Å². The maximum absolute atomic E-state index is 13.4. The Labute approximate surface area is 185 Å². The number of carbonyl (C=O) groups excluding carboxylic acids is 2. The molecule has 2 aromatic carbocycles. The Morgan fingerprint density at radius 1 is 1.00 bits per heavy atom. The van der Waals surface area contributed by atoms with Crippen LogP contribution >= 0.6 is 11.8 Å². The molecule has 0 aliphatic carbocycles. The number of halogens is 1. The molecule has 5 nitrogen and oxygen atoms in total. The number of hydrogen-bond acceptors (Lipinski definition) is 4. The van der Waals surface area contributed by atoms with Crippen molar-refractivity contribution in [3.8, 4) is 0 Å². The summed E-state index contributed by atoms with van der Waals surface area (Å²) in [5.41, 5.74) is 1.68. The molecule has 1 fully saturated rings. The molecule has 1 saturated heterocycles. The van der Waals surface area contributed by atoms with Gasteiger partial charge in [-0.2, -0.15) is 0 Å². The monoisotopic (exact) mass is 437 g/mol. The Morgan fingerprint density at radius 2 is 1.68 bits per heavy atom. The number of thioether (sulfide) groups is 1. The number of aliphatic imine (C=N–C) groups is 1. The van der Waals surface area contributed by atoms with Gasteiger partial charge in [-0.3, -0.25) is 14.5 Å². The highest BCUT2D eigenvalue weighted by molar-refractivity contribution is 8.14. The molecule has 0 spiro atoms. The number of amidine groups is 1. The molecule has 4 rings (SSSR count). The molecular weight excluding hydrogens is 413 g/mol. The molecule has 2 heterocycles. The largest absolute Gasteiger partial charge is 0.342 e. The van der Waals surface area contributed by atoms with Gasteiger partial charge in [0.2, 0.25) is 5.91 Å². The van der Waals surface area contributed by atoms with Crippen molar-refractivity contribution in [2.45, 2.75) is 25.7 Å². The van der Waals surface area contributed by atoms with Crippen LogP contribution in [0.2, 0.25) is 0 Å². The van der Waals surface area contributed by atoms with Gasteiger partial charge < -0.3 is 4.90 Å². The molecular formula is C24H24FN3O2S. The molecule has 0 bridgehead atoms. The standard InChI is InChI=1S/C24H24FN3O2S/c25-19-10-12-20(13-11-19)28-23(30)21(16-18-8-4-3-5-9-18)26-24(28)31-17-22(29)27-14-6-1-2-7-15-27/h3-5,8-13,16H,1-2,6-7,14-15,17H2/b21-16+. The van der Waals surface area contributed by atoms with Gasteiger partial charge in [0.05, 0.1) is 11.4 Å². The highest BCUT2D eigenvalue weighted by Crippen LogP contribution is 2.30. The van der Waals surface area contributed by atoms with E-state index in [2.05, 4.69) is 4.99 Å². The van der Waals surface area contributed by atoms with Crippen molar-refractivity contribution in [1.82, 2.24) is 4.90 Å². The van der Waals surface area contributed by atoms with E-state index in [0.29, 0.717) is 16.6 Å². The van der Waals surface area contributed by atoms with Crippen LogP contribution in [0.15, 0.2) is 65.3 Å². The second kappa shape index (κ2) is 9.92. The minimum Gasteiger partial charge on any atom is -0.342 e. The summed E-state index contributed by atoms with van der Waals surface area (Å²) in [6.07, 6.45) is 6.10. The summed E-state index contributed by atoms with van der Waals surface area (Å²) in [7, 11) is 0. The van der Waals surface area contributed by atoms with E-state index in [1.807, 2.05) is 35.2 Å². The second-order valence-corrected chi connectivity index (χ2v) is 8.48. The topological polar surface area (TPSA) is 53.0 Å². The van der Waals surface area contributed by atoms with Crippen LogP contribution in [0.1, 0.15) is 31.2 Å². The minimum absolute atomic E-state index is 0.0570. The summed E-state index contributed by atoms with van der Waals surface area (Å²) in [6, 6.07) is 15.2. The van der Waals surface area contributed by atoms with Crippen LogP contribution in [0.5, 0.6) is 0 Å². The Bertz CT molecular complexity index is 997. The molecule has 7 heteroatoms. The van der Waals surface area contributed by atoms with E-state index in [1.54, 1.807) is 18.2 Å². The van der Waals surface area contributed by atoms with Crippen LogP contribution in [0, 0.1) is 5.82 Å². The van der Waals surface area contributed by atoms with Crippen LogP contribution in [0.4, 0.5) is 10.1 Å². The number of benzene rings is 2. The highest BCUT2D eigenvalue weighted by atomic mass is 32.2. The summed E-state index contributed by atoms with van der Waals surface area (Å²) in [4.78, 5) is 33.8. The van der Waals surface area contributed by atoms with Crippen molar-refractivity contribution in [3.05, 3.63) is 71.7 Å². The first kappa shape index (κ1) is 21.3. The highest BCUT2D eigenvalue weighted by Gasteiger charge is 2.32. The maximum Gasteiger partial charge on any atom is 0.283 e. The van der Waals surface area contributed by atoms with Crippen molar-refractivity contribution in [3.63, 3.8) is 0 Å². The number of rotatable bonds is 4. The van der Waals surface area contributed by atoms with Gasteiger partial charge in [0.1, 0.15) is 11.5 Å². The summed E-state index contributed by atoms with van der Waals surface area (Å²) >= 11 is 1.25. The van der Waals surface area contributed by atoms with Crippen molar-refractivity contribution < 1.29 is 14.0 Å². The summed E-state index contributed by atoms with van der Waals surface area (Å²) in [5, 5.41) is 0.432. The number of likely N-dealkylation sites (tertiary alicyclic amines) is 1. The molecule has 0 radical (unpaired) electrons. The normalized spacial score (nSPS) is 18.3. The molecule has 0 saturated carbocycles. The van der Waals surface area contributed by atoms with E-state index < -0.39 is 0 Å². The number of nitrogens with zero attached hydrogens (tertiary/aromatic N) is 3. The lowest BCUT2D eigenvalue weighted by atomic mass is 10.2. The summed E-state index contributed by atoms with van der Waals surface area (Å²) in [6.45, 7) is 1.57. The smallest absolute Gasteiger partial charge is 0.283 e. The van der Waals surface area contributed by atoms with Gasteiger partial charge in [0, 0.05) is 13.1 Å². The van der Waals surface area contributed by atoms with E-state index >= 15 is 0 Å². The molecule has 2 amide bonds. The molecule has 0 unspecified atom stereocenters. The number of carbonyl (C=O) groups is 2. The molecule has 2 aromatic rings. The van der Waals surface area contributed by atoms with Crippen LogP contribution < -0.4 is 4.90 Å². The quantitative estimate of drug-likeness (QED) is 0.651. The maximum atomic E-state index is 13.4. The third-order valence-corrected chi connectivity index (χ3v) is 6.22. The SMILES string of the molecule is O=C(CSC1=N/C(=C/c2ccccc2)C(=O)N1c1ccc(F)cc1)N1CCCCCC1. The Hall–Kier alpha value is -2.93. The van der Waals surface area contributed by atoms with Gasteiger partial charge in [0.15, 0.2) is 5.17 Å². The molecule has 2 aliphatic heterocycles. The lowest BCUT2D eigenvalue weighted by Gasteiger charge is -2.21. The van der Waals surface area contributed by atoms with E-state index in [9.17, 15) is 14.0 Å². The Balaban J connectivity index is 1.56. The fraction of sp³-hybridized carbons (Fsp3) is 0.292. The average molecular weight is 438 g/mol. The van der Waals surface area contributed by atoms with E-state index in [1.165, 1.54) is 28.8 Å². The van der Waals surface area contributed by atoms with Crippen LogP contribution in [0.25, 0.3) is 6.08 Å². The minimum atomic E-state index is -0.377. The third-order valence-electron chi connectivity index (χ3n) is 5.30. The third kappa shape index (κ3) is 5.22. The molecule has 2 aliphatic rings. The van der Waals surface area contributed by atoms with E-state index in [-0.39, 0.29) is 23.4 Å².